The van der Waals surface area contributed by atoms with Crippen molar-refractivity contribution < 1.29 is 0 Å². The third-order valence-corrected chi connectivity index (χ3v) is 5.20. The third kappa shape index (κ3) is 5.09. The van der Waals surface area contributed by atoms with Crippen molar-refractivity contribution in [1.82, 2.24) is 0 Å². The average Bonchev–Trinajstić information content (AvgIpc) is 1.94. The van der Waals surface area contributed by atoms with Crippen LogP contribution in [0.15, 0.2) is 24.3 Å². The van der Waals surface area contributed by atoms with E-state index < -0.39 is 8.07 Å². The molecule has 0 spiro atoms. The van der Waals surface area contributed by atoms with Crippen LogP contribution in [0.3, 0.4) is 0 Å². The van der Waals surface area contributed by atoms with E-state index in [1.165, 1.54) is 0 Å². The zero-order chi connectivity index (χ0) is 10.5. The van der Waals surface area contributed by atoms with Gasteiger partial charge in [-0.15, -0.1) is 0 Å². The molecule has 13 heavy (non-hydrogen) atoms. The van der Waals surface area contributed by atoms with Gasteiger partial charge in [0.05, 0.1) is 8.07 Å². The molecule has 1 heteroatoms. The zero-order valence-corrected chi connectivity index (χ0v) is 11.0. The molecule has 0 N–H and O–H groups in total. The van der Waals surface area contributed by atoms with Crippen LogP contribution in [0.5, 0.6) is 0 Å². The number of rotatable bonds is 4. The van der Waals surface area contributed by atoms with Gasteiger partial charge in [-0.1, -0.05) is 57.8 Å². The van der Waals surface area contributed by atoms with Crippen LogP contribution >= 0.6 is 0 Å². The highest BCUT2D eigenvalue weighted by Gasteiger charge is 2.26. The molecule has 0 aromatic heterocycles. The smallest absolute Gasteiger partial charge is 0.0517 e. The summed E-state index contributed by atoms with van der Waals surface area (Å²) >= 11 is 0. The predicted molar refractivity (Wildman–Crippen MR) is 65.9 cm³/mol. The van der Waals surface area contributed by atoms with Crippen LogP contribution in [0.1, 0.15) is 20.8 Å². The number of hydrogen-bond donors (Lipinski definition) is 0. The van der Waals surface area contributed by atoms with Crippen LogP contribution in [0.2, 0.25) is 25.2 Å². The van der Waals surface area contributed by atoms with Crippen molar-refractivity contribution >= 4 is 8.07 Å². The first kappa shape index (κ1) is 12.7. The van der Waals surface area contributed by atoms with Crippen LogP contribution in [0.4, 0.5) is 0 Å². The minimum atomic E-state index is -1.02. The van der Waals surface area contributed by atoms with Gasteiger partial charge in [-0.3, -0.25) is 0 Å². The molecule has 0 amide bonds. The molecule has 0 aromatic carbocycles. The van der Waals surface area contributed by atoms with Crippen molar-refractivity contribution in [2.45, 2.75) is 46.0 Å². The minimum absolute atomic E-state index is 0.771. The standard InChI is InChI=1S/C12H24Si/c1-7-8-9-10-12(11(2)3)13(4,5)6/h7-12H,1-6H3/b8-7+,10-9-/t12-/m1/s1. The molecule has 0 unspecified atom stereocenters. The van der Waals surface area contributed by atoms with E-state index in [2.05, 4.69) is 64.7 Å². The summed E-state index contributed by atoms with van der Waals surface area (Å²) in [4.78, 5) is 0. The van der Waals surface area contributed by atoms with Crippen molar-refractivity contribution in [3.05, 3.63) is 24.3 Å². The van der Waals surface area contributed by atoms with Crippen LogP contribution in [-0.2, 0) is 0 Å². The monoisotopic (exact) mass is 196 g/mol. The first-order chi connectivity index (χ1) is 5.89. The van der Waals surface area contributed by atoms with Crippen molar-refractivity contribution in [2.24, 2.45) is 5.92 Å². The maximum absolute atomic E-state index is 2.44. The third-order valence-electron chi connectivity index (χ3n) is 2.34. The van der Waals surface area contributed by atoms with E-state index in [-0.39, 0.29) is 0 Å². The van der Waals surface area contributed by atoms with E-state index in [1.807, 2.05) is 0 Å². The van der Waals surface area contributed by atoms with E-state index in [0.29, 0.717) is 0 Å². The maximum Gasteiger partial charge on any atom is 0.0517 e. The van der Waals surface area contributed by atoms with E-state index >= 15 is 0 Å². The molecule has 0 nitrogen and oxygen atoms in total. The minimum Gasteiger partial charge on any atom is -0.0877 e. The van der Waals surface area contributed by atoms with E-state index in [4.69, 9.17) is 0 Å². The van der Waals surface area contributed by atoms with E-state index in [1.54, 1.807) is 0 Å². The van der Waals surface area contributed by atoms with Crippen molar-refractivity contribution in [1.29, 1.82) is 0 Å². The summed E-state index contributed by atoms with van der Waals surface area (Å²) in [5.74, 6) is 0.771. The van der Waals surface area contributed by atoms with Gasteiger partial charge in [-0.2, -0.15) is 0 Å². The Kier molecular flexibility index (Phi) is 5.31. The summed E-state index contributed by atoms with van der Waals surface area (Å²) in [6.07, 6.45) is 8.79. The lowest BCUT2D eigenvalue weighted by Gasteiger charge is -2.29. The lowest BCUT2D eigenvalue weighted by Crippen LogP contribution is -2.30. The summed E-state index contributed by atoms with van der Waals surface area (Å²) in [5.41, 5.74) is 0.795. The molecule has 0 aliphatic carbocycles. The first-order valence-electron chi connectivity index (χ1n) is 5.19. The van der Waals surface area contributed by atoms with Gasteiger partial charge >= 0.3 is 0 Å². The van der Waals surface area contributed by atoms with Crippen LogP contribution < -0.4 is 0 Å². The van der Waals surface area contributed by atoms with Crippen molar-refractivity contribution in [3.63, 3.8) is 0 Å². The highest BCUT2D eigenvalue weighted by molar-refractivity contribution is 6.78. The molecule has 1 atom stereocenters. The topological polar surface area (TPSA) is 0 Å². The quantitative estimate of drug-likeness (QED) is 0.459. The molecule has 0 fully saturated rings. The fourth-order valence-electron chi connectivity index (χ4n) is 1.81. The molecule has 76 valence electrons. The second kappa shape index (κ2) is 5.43. The molecule has 0 saturated heterocycles. The van der Waals surface area contributed by atoms with Gasteiger partial charge in [0.25, 0.3) is 0 Å². The molecule has 0 aliphatic heterocycles. The van der Waals surface area contributed by atoms with Crippen molar-refractivity contribution in [3.8, 4) is 0 Å². The fourth-order valence-corrected chi connectivity index (χ4v) is 4.49. The van der Waals surface area contributed by atoms with Gasteiger partial charge in [0.2, 0.25) is 0 Å². The molecular formula is C12H24Si. The first-order valence-corrected chi connectivity index (χ1v) is 8.76. The molecule has 0 heterocycles. The van der Waals surface area contributed by atoms with Gasteiger partial charge in [0, 0.05) is 0 Å². The Morgan fingerprint density at radius 1 is 1.00 bits per heavy atom. The summed E-state index contributed by atoms with van der Waals surface area (Å²) in [7, 11) is -1.02. The largest absolute Gasteiger partial charge is 0.0877 e. The Bertz CT molecular complexity index is 182. The maximum atomic E-state index is 2.44. The molecule has 0 aromatic rings. The fraction of sp³-hybridized carbons (Fsp3) is 0.667. The summed E-state index contributed by atoms with van der Waals surface area (Å²) in [6.45, 7) is 14.0. The second-order valence-electron chi connectivity index (χ2n) is 5.05. The average molecular weight is 196 g/mol. The van der Waals surface area contributed by atoms with Crippen LogP contribution in [-0.4, -0.2) is 8.07 Å². The summed E-state index contributed by atoms with van der Waals surface area (Å²) in [6, 6.07) is 0. The predicted octanol–water partition coefficient (Wildman–Crippen LogP) is 4.48. The van der Waals surface area contributed by atoms with Crippen LogP contribution in [0, 0.1) is 5.92 Å². The molecule has 0 rings (SSSR count). The van der Waals surface area contributed by atoms with Gasteiger partial charge in [0.1, 0.15) is 0 Å². The lowest BCUT2D eigenvalue weighted by molar-refractivity contribution is 0.645. The van der Waals surface area contributed by atoms with Gasteiger partial charge < -0.3 is 0 Å². The second-order valence-corrected chi connectivity index (χ2v) is 10.4. The highest BCUT2D eigenvalue weighted by Crippen LogP contribution is 2.30. The van der Waals surface area contributed by atoms with Crippen LogP contribution in [0.25, 0.3) is 0 Å². The summed E-state index contributed by atoms with van der Waals surface area (Å²) < 4.78 is 0. The molecule has 0 radical (unpaired) electrons. The Morgan fingerprint density at radius 2 is 1.54 bits per heavy atom. The Morgan fingerprint density at radius 3 is 1.85 bits per heavy atom. The van der Waals surface area contributed by atoms with Gasteiger partial charge in [-0.05, 0) is 18.4 Å². The van der Waals surface area contributed by atoms with Gasteiger partial charge in [0.15, 0.2) is 0 Å². The van der Waals surface area contributed by atoms with E-state index in [9.17, 15) is 0 Å². The zero-order valence-electron chi connectivity index (χ0n) is 9.96. The molecule has 0 bridgehead atoms. The lowest BCUT2D eigenvalue weighted by atomic mass is 10.1. The normalized spacial score (nSPS) is 16.2. The van der Waals surface area contributed by atoms with Crippen molar-refractivity contribution in [2.75, 3.05) is 0 Å². The van der Waals surface area contributed by atoms with Gasteiger partial charge in [-0.25, -0.2) is 0 Å². The van der Waals surface area contributed by atoms with E-state index in [0.717, 1.165) is 11.5 Å². The Labute approximate surface area is 84.8 Å². The Balaban J connectivity index is 4.45. The highest BCUT2D eigenvalue weighted by atomic mass is 28.3. The SMILES string of the molecule is C/C=C/C=C\[C@H](C(C)C)[Si](C)(C)C. The molecule has 0 aliphatic rings. The number of hydrogen-bond acceptors (Lipinski definition) is 0. The number of allylic oxidation sites excluding steroid dienone is 4. The molecule has 0 saturated carbocycles. The summed E-state index contributed by atoms with van der Waals surface area (Å²) in [5, 5.41) is 0. The molecular weight excluding hydrogens is 172 g/mol. The Hall–Kier alpha value is -0.303.